The lowest BCUT2D eigenvalue weighted by molar-refractivity contribution is 1.33. The van der Waals surface area contributed by atoms with Gasteiger partial charge >= 0.3 is 0 Å². The van der Waals surface area contributed by atoms with E-state index in [1.54, 1.807) is 0 Å². The largest absolute Gasteiger partial charge is 0.265 e. The Bertz CT molecular complexity index is 1060. The number of pyridine rings is 3. The standard InChI is InChI=1S/C23H15N3/c1-2-4-19-18(3-1)22(16-5-10-24-11-6-16)20-9-14-26-15-21(20)23(19)17-7-12-25-13-8-17/h1-15H. The molecule has 0 N–H and O–H groups in total. The lowest BCUT2D eigenvalue weighted by Gasteiger charge is -2.17. The lowest BCUT2D eigenvalue weighted by Crippen LogP contribution is -1.91. The maximum Gasteiger partial charge on any atom is 0.0353 e. The lowest BCUT2D eigenvalue weighted by atomic mass is 9.87. The van der Waals surface area contributed by atoms with Gasteiger partial charge in [-0.2, -0.15) is 0 Å². The predicted molar refractivity (Wildman–Crippen MR) is 106 cm³/mol. The minimum atomic E-state index is 1.14. The summed E-state index contributed by atoms with van der Waals surface area (Å²) in [6, 6.07) is 18.9. The molecule has 0 saturated carbocycles. The summed E-state index contributed by atoms with van der Waals surface area (Å²) in [6.07, 6.45) is 11.2. The van der Waals surface area contributed by atoms with Crippen molar-refractivity contribution < 1.29 is 0 Å². The number of rotatable bonds is 2. The minimum Gasteiger partial charge on any atom is -0.265 e. The minimum absolute atomic E-state index is 1.14. The first-order valence-corrected chi connectivity index (χ1v) is 8.53. The zero-order valence-electron chi connectivity index (χ0n) is 14.0. The van der Waals surface area contributed by atoms with Crippen molar-refractivity contribution in [1.29, 1.82) is 0 Å². The molecule has 26 heavy (non-hydrogen) atoms. The molecule has 0 unspecified atom stereocenters. The van der Waals surface area contributed by atoms with E-state index in [4.69, 9.17) is 0 Å². The summed E-state index contributed by atoms with van der Waals surface area (Å²) in [5.74, 6) is 0. The normalized spacial score (nSPS) is 11.1. The summed E-state index contributed by atoms with van der Waals surface area (Å²) in [4.78, 5) is 12.8. The smallest absolute Gasteiger partial charge is 0.0353 e. The molecule has 0 fully saturated rings. The van der Waals surface area contributed by atoms with Crippen molar-refractivity contribution in [1.82, 2.24) is 15.0 Å². The van der Waals surface area contributed by atoms with Gasteiger partial charge in [-0.15, -0.1) is 0 Å². The van der Waals surface area contributed by atoms with Gasteiger partial charge in [-0.25, -0.2) is 0 Å². The van der Waals surface area contributed by atoms with Gasteiger partial charge in [-0.05, 0) is 68.7 Å². The van der Waals surface area contributed by atoms with E-state index in [-0.39, 0.29) is 0 Å². The first-order valence-electron chi connectivity index (χ1n) is 8.53. The van der Waals surface area contributed by atoms with E-state index in [1.165, 1.54) is 27.3 Å². The fourth-order valence-electron chi connectivity index (χ4n) is 3.68. The summed E-state index contributed by atoms with van der Waals surface area (Å²) in [6.45, 7) is 0. The van der Waals surface area contributed by atoms with Crippen molar-refractivity contribution in [3.8, 4) is 22.3 Å². The van der Waals surface area contributed by atoms with E-state index >= 15 is 0 Å². The van der Waals surface area contributed by atoms with E-state index in [2.05, 4.69) is 69.5 Å². The third kappa shape index (κ3) is 2.25. The van der Waals surface area contributed by atoms with Gasteiger partial charge in [-0.1, -0.05) is 24.3 Å². The summed E-state index contributed by atoms with van der Waals surface area (Å²) >= 11 is 0. The van der Waals surface area contributed by atoms with Crippen LogP contribution in [0, 0.1) is 0 Å². The third-order valence-electron chi connectivity index (χ3n) is 4.76. The second-order valence-corrected chi connectivity index (χ2v) is 6.19. The predicted octanol–water partition coefficient (Wildman–Crippen LogP) is 5.51. The molecule has 122 valence electrons. The monoisotopic (exact) mass is 333 g/mol. The Morgan fingerprint density at radius 2 is 0.885 bits per heavy atom. The highest BCUT2D eigenvalue weighted by Crippen LogP contribution is 2.42. The molecule has 0 atom stereocenters. The van der Waals surface area contributed by atoms with Crippen LogP contribution in [-0.2, 0) is 0 Å². The third-order valence-corrected chi connectivity index (χ3v) is 4.76. The molecule has 3 heteroatoms. The molecule has 0 saturated heterocycles. The summed E-state index contributed by atoms with van der Waals surface area (Å²) in [7, 11) is 0. The SMILES string of the molecule is c1ccc2c(-c3ccncc3)c3cnccc3c(-c3ccncc3)c2c1. The van der Waals surface area contributed by atoms with E-state index in [1.807, 2.05) is 37.2 Å². The Morgan fingerprint density at radius 1 is 0.423 bits per heavy atom. The van der Waals surface area contributed by atoms with E-state index in [0.717, 1.165) is 16.5 Å². The van der Waals surface area contributed by atoms with Gasteiger partial charge in [0.15, 0.2) is 0 Å². The van der Waals surface area contributed by atoms with Gasteiger partial charge in [-0.3, -0.25) is 15.0 Å². The van der Waals surface area contributed by atoms with Gasteiger partial charge in [0, 0.05) is 42.6 Å². The summed E-state index contributed by atoms with van der Waals surface area (Å²) in [5, 5.41) is 4.77. The number of nitrogens with zero attached hydrogens (tertiary/aromatic N) is 3. The first kappa shape index (κ1) is 14.7. The quantitative estimate of drug-likeness (QED) is 0.400. The van der Waals surface area contributed by atoms with Crippen molar-refractivity contribution in [2.24, 2.45) is 0 Å². The Labute approximate surface area is 151 Å². The highest BCUT2D eigenvalue weighted by Gasteiger charge is 2.16. The number of aromatic nitrogens is 3. The molecule has 5 aromatic rings. The molecule has 0 radical (unpaired) electrons. The fourth-order valence-corrected chi connectivity index (χ4v) is 3.68. The van der Waals surface area contributed by atoms with Crippen LogP contribution in [0.4, 0.5) is 0 Å². The van der Waals surface area contributed by atoms with Crippen LogP contribution in [0.5, 0.6) is 0 Å². The molecular weight excluding hydrogens is 318 g/mol. The molecule has 3 heterocycles. The topological polar surface area (TPSA) is 38.7 Å². The molecule has 0 aliphatic heterocycles. The highest BCUT2D eigenvalue weighted by atomic mass is 14.6. The maximum absolute atomic E-state index is 4.41. The molecule has 0 spiro atoms. The van der Waals surface area contributed by atoms with Crippen molar-refractivity contribution in [3.63, 3.8) is 0 Å². The van der Waals surface area contributed by atoms with Crippen molar-refractivity contribution in [3.05, 3.63) is 91.8 Å². The van der Waals surface area contributed by atoms with Crippen molar-refractivity contribution >= 4 is 21.5 Å². The number of fused-ring (bicyclic) bond motifs is 2. The molecule has 0 bridgehead atoms. The molecule has 0 aliphatic rings. The zero-order chi connectivity index (χ0) is 17.3. The fraction of sp³-hybridized carbons (Fsp3) is 0. The molecular formula is C23H15N3. The van der Waals surface area contributed by atoms with Gasteiger partial charge in [0.2, 0.25) is 0 Å². The first-order chi connectivity index (χ1) is 12.9. The van der Waals surface area contributed by atoms with E-state index in [9.17, 15) is 0 Å². The number of benzene rings is 2. The second kappa shape index (κ2) is 6.05. The van der Waals surface area contributed by atoms with E-state index in [0.29, 0.717) is 0 Å². The Morgan fingerprint density at radius 3 is 1.46 bits per heavy atom. The van der Waals surface area contributed by atoms with Crippen LogP contribution in [0.1, 0.15) is 0 Å². The van der Waals surface area contributed by atoms with E-state index < -0.39 is 0 Å². The zero-order valence-corrected chi connectivity index (χ0v) is 14.0. The molecule has 5 rings (SSSR count). The Kier molecular flexibility index (Phi) is 3.42. The molecule has 3 aromatic heterocycles. The van der Waals surface area contributed by atoms with Crippen molar-refractivity contribution in [2.75, 3.05) is 0 Å². The van der Waals surface area contributed by atoms with Crippen LogP contribution in [-0.4, -0.2) is 15.0 Å². The van der Waals surface area contributed by atoms with Crippen LogP contribution in [0.25, 0.3) is 43.8 Å². The Hall–Kier alpha value is -3.59. The van der Waals surface area contributed by atoms with Gasteiger partial charge in [0.05, 0.1) is 0 Å². The number of hydrogen-bond acceptors (Lipinski definition) is 3. The highest BCUT2D eigenvalue weighted by molar-refractivity contribution is 6.21. The van der Waals surface area contributed by atoms with Gasteiger partial charge in [0.25, 0.3) is 0 Å². The van der Waals surface area contributed by atoms with Crippen LogP contribution in [0.15, 0.2) is 91.8 Å². The second-order valence-electron chi connectivity index (χ2n) is 6.19. The van der Waals surface area contributed by atoms with Gasteiger partial charge < -0.3 is 0 Å². The van der Waals surface area contributed by atoms with Crippen LogP contribution in [0.2, 0.25) is 0 Å². The van der Waals surface area contributed by atoms with Crippen LogP contribution >= 0.6 is 0 Å². The Balaban J connectivity index is 2.02. The molecule has 2 aromatic carbocycles. The summed E-state index contributed by atoms with van der Waals surface area (Å²) in [5.41, 5.74) is 4.73. The molecule has 3 nitrogen and oxygen atoms in total. The van der Waals surface area contributed by atoms with Crippen LogP contribution in [0.3, 0.4) is 0 Å². The van der Waals surface area contributed by atoms with Gasteiger partial charge in [0.1, 0.15) is 0 Å². The number of hydrogen-bond donors (Lipinski definition) is 0. The maximum atomic E-state index is 4.41. The average Bonchev–Trinajstić information content (AvgIpc) is 2.73. The summed E-state index contributed by atoms with van der Waals surface area (Å²) < 4.78 is 0. The van der Waals surface area contributed by atoms with Crippen molar-refractivity contribution in [2.45, 2.75) is 0 Å². The molecule has 0 amide bonds. The van der Waals surface area contributed by atoms with Crippen LogP contribution < -0.4 is 0 Å². The average molecular weight is 333 g/mol. The molecule has 0 aliphatic carbocycles.